The molecule has 1 heteroatoms. The van der Waals surface area contributed by atoms with Crippen LogP contribution in [-0.2, 0) is 13.0 Å². The van der Waals surface area contributed by atoms with E-state index in [9.17, 15) is 0 Å². The molecule has 0 aromatic heterocycles. The highest BCUT2D eigenvalue weighted by molar-refractivity contribution is 5.22. The Kier molecular flexibility index (Phi) is 3.88. The Morgan fingerprint density at radius 1 is 1.18 bits per heavy atom. The van der Waals surface area contributed by atoms with Gasteiger partial charge in [-0.15, -0.1) is 0 Å². The first-order valence-corrected chi connectivity index (χ1v) is 6.93. The Hall–Kier alpha value is -0.820. The largest absolute Gasteiger partial charge is 0.309 e. The molecule has 1 saturated carbocycles. The zero-order valence-electron chi connectivity index (χ0n) is 11.4. The van der Waals surface area contributed by atoms with Crippen LogP contribution >= 0.6 is 0 Å². The van der Waals surface area contributed by atoms with Gasteiger partial charge in [-0.3, -0.25) is 0 Å². The summed E-state index contributed by atoms with van der Waals surface area (Å²) >= 11 is 0. The molecule has 0 saturated heterocycles. The molecule has 1 nitrogen and oxygen atoms in total. The Morgan fingerprint density at radius 2 is 1.82 bits per heavy atom. The Labute approximate surface area is 106 Å². The van der Waals surface area contributed by atoms with E-state index in [0.717, 1.165) is 13.0 Å². The second kappa shape index (κ2) is 5.22. The van der Waals surface area contributed by atoms with Crippen molar-refractivity contribution >= 4 is 0 Å². The predicted molar refractivity (Wildman–Crippen MR) is 74.1 cm³/mol. The van der Waals surface area contributed by atoms with Gasteiger partial charge in [0.2, 0.25) is 0 Å². The molecule has 1 fully saturated rings. The summed E-state index contributed by atoms with van der Waals surface area (Å²) < 4.78 is 0. The molecular weight excluding hydrogens is 206 g/mol. The molecule has 1 aliphatic rings. The first kappa shape index (κ1) is 12.6. The van der Waals surface area contributed by atoms with Crippen LogP contribution in [0.3, 0.4) is 0 Å². The molecule has 0 bridgehead atoms. The van der Waals surface area contributed by atoms with Gasteiger partial charge >= 0.3 is 0 Å². The maximum atomic E-state index is 3.73. The van der Waals surface area contributed by atoms with Gasteiger partial charge in [-0.25, -0.2) is 0 Å². The fraction of sp³-hybridized carbons (Fsp3) is 0.625. The van der Waals surface area contributed by atoms with Gasteiger partial charge < -0.3 is 5.32 Å². The predicted octanol–water partition coefficient (Wildman–Crippen LogP) is 3.92. The van der Waals surface area contributed by atoms with Crippen molar-refractivity contribution in [2.45, 2.75) is 59.0 Å². The molecule has 1 aromatic rings. The maximum Gasteiger partial charge on any atom is 0.0208 e. The minimum Gasteiger partial charge on any atom is -0.309 e. The highest BCUT2D eigenvalue weighted by Gasteiger charge is 2.33. The van der Waals surface area contributed by atoms with Gasteiger partial charge in [0.1, 0.15) is 0 Å². The molecule has 0 amide bonds. The normalized spacial score (nSPS) is 22.9. The van der Waals surface area contributed by atoms with E-state index in [1.165, 1.54) is 30.4 Å². The molecule has 1 aromatic carbocycles. The van der Waals surface area contributed by atoms with Gasteiger partial charge in [0.15, 0.2) is 0 Å². The van der Waals surface area contributed by atoms with Crippen LogP contribution in [0, 0.1) is 5.41 Å². The summed E-state index contributed by atoms with van der Waals surface area (Å²) in [4.78, 5) is 0. The molecule has 1 unspecified atom stereocenters. The number of aryl methyl sites for hydroxylation is 1. The van der Waals surface area contributed by atoms with Crippen LogP contribution < -0.4 is 5.32 Å². The number of hydrogen-bond donors (Lipinski definition) is 1. The van der Waals surface area contributed by atoms with Crippen LogP contribution in [0.1, 0.15) is 51.2 Å². The summed E-state index contributed by atoms with van der Waals surface area (Å²) in [7, 11) is 0. The lowest BCUT2D eigenvalue weighted by molar-refractivity contribution is 0.282. The summed E-state index contributed by atoms with van der Waals surface area (Å²) in [6, 6.07) is 9.70. The molecule has 1 aliphatic carbocycles. The van der Waals surface area contributed by atoms with Crippen LogP contribution in [0.15, 0.2) is 24.3 Å². The summed E-state index contributed by atoms with van der Waals surface area (Å²) in [5.74, 6) is 0. The number of nitrogens with one attached hydrogen (secondary N) is 1. The van der Waals surface area contributed by atoms with Gasteiger partial charge in [-0.05, 0) is 35.8 Å². The molecule has 1 N–H and O–H groups in total. The van der Waals surface area contributed by atoms with Crippen molar-refractivity contribution in [3.63, 3.8) is 0 Å². The second-order valence-electron chi connectivity index (χ2n) is 5.98. The molecule has 0 radical (unpaired) electrons. The van der Waals surface area contributed by atoms with E-state index in [-0.39, 0.29) is 0 Å². The van der Waals surface area contributed by atoms with Crippen molar-refractivity contribution in [3.05, 3.63) is 35.4 Å². The van der Waals surface area contributed by atoms with Crippen LogP contribution in [0.5, 0.6) is 0 Å². The summed E-state index contributed by atoms with van der Waals surface area (Å²) in [5, 5.41) is 3.73. The Morgan fingerprint density at radius 3 is 2.35 bits per heavy atom. The number of benzene rings is 1. The fourth-order valence-corrected chi connectivity index (χ4v) is 2.84. The van der Waals surface area contributed by atoms with Gasteiger partial charge in [0.25, 0.3) is 0 Å². The topological polar surface area (TPSA) is 12.0 Å². The summed E-state index contributed by atoms with van der Waals surface area (Å²) in [6.07, 6.45) is 5.20. The van der Waals surface area contributed by atoms with Gasteiger partial charge in [0, 0.05) is 12.6 Å². The lowest BCUT2D eigenvalue weighted by Gasteiger charge is -2.28. The quantitative estimate of drug-likeness (QED) is 0.828. The standard InChI is InChI=1S/C16H25N/c1-4-13-7-9-14(10-8-13)12-17-15-6-5-11-16(15,2)3/h7-10,15,17H,4-6,11-12H2,1-3H3. The molecule has 2 rings (SSSR count). The zero-order valence-corrected chi connectivity index (χ0v) is 11.4. The van der Waals surface area contributed by atoms with Crippen molar-refractivity contribution < 1.29 is 0 Å². The Balaban J connectivity index is 1.89. The third-order valence-corrected chi connectivity index (χ3v) is 4.24. The monoisotopic (exact) mass is 231 g/mol. The van der Waals surface area contributed by atoms with Crippen LogP contribution in [0.2, 0.25) is 0 Å². The molecule has 1 atom stereocenters. The van der Waals surface area contributed by atoms with Gasteiger partial charge in [-0.2, -0.15) is 0 Å². The van der Waals surface area contributed by atoms with Gasteiger partial charge in [-0.1, -0.05) is 51.5 Å². The number of rotatable bonds is 4. The second-order valence-corrected chi connectivity index (χ2v) is 5.98. The van der Waals surface area contributed by atoms with Crippen molar-refractivity contribution in [2.75, 3.05) is 0 Å². The first-order chi connectivity index (χ1) is 8.12. The van der Waals surface area contributed by atoms with Crippen molar-refractivity contribution in [1.29, 1.82) is 0 Å². The van der Waals surface area contributed by atoms with E-state index in [0.29, 0.717) is 11.5 Å². The highest BCUT2D eigenvalue weighted by Crippen LogP contribution is 2.37. The lowest BCUT2D eigenvalue weighted by Crippen LogP contribution is -2.37. The van der Waals surface area contributed by atoms with Crippen LogP contribution in [-0.4, -0.2) is 6.04 Å². The van der Waals surface area contributed by atoms with E-state index >= 15 is 0 Å². The average Bonchev–Trinajstić information content (AvgIpc) is 2.66. The van der Waals surface area contributed by atoms with Crippen molar-refractivity contribution in [2.24, 2.45) is 5.41 Å². The van der Waals surface area contributed by atoms with E-state index in [1.807, 2.05) is 0 Å². The smallest absolute Gasteiger partial charge is 0.0208 e. The zero-order chi connectivity index (χ0) is 12.3. The maximum absolute atomic E-state index is 3.73. The lowest BCUT2D eigenvalue weighted by atomic mass is 9.87. The minimum absolute atomic E-state index is 0.476. The summed E-state index contributed by atoms with van der Waals surface area (Å²) in [5.41, 5.74) is 3.31. The van der Waals surface area contributed by atoms with E-state index < -0.39 is 0 Å². The van der Waals surface area contributed by atoms with E-state index in [4.69, 9.17) is 0 Å². The Bertz CT molecular complexity index is 350. The SMILES string of the molecule is CCc1ccc(CNC2CCCC2(C)C)cc1. The molecular formula is C16H25N. The molecule has 0 spiro atoms. The molecule has 17 heavy (non-hydrogen) atoms. The van der Waals surface area contributed by atoms with Crippen LogP contribution in [0.25, 0.3) is 0 Å². The van der Waals surface area contributed by atoms with E-state index in [1.54, 1.807) is 0 Å². The minimum atomic E-state index is 0.476. The van der Waals surface area contributed by atoms with E-state index in [2.05, 4.69) is 50.4 Å². The van der Waals surface area contributed by atoms with Crippen molar-refractivity contribution in [1.82, 2.24) is 5.32 Å². The molecule has 94 valence electrons. The molecule has 0 aliphatic heterocycles. The third-order valence-electron chi connectivity index (χ3n) is 4.24. The van der Waals surface area contributed by atoms with Gasteiger partial charge in [0.05, 0.1) is 0 Å². The average molecular weight is 231 g/mol. The molecule has 0 heterocycles. The van der Waals surface area contributed by atoms with Crippen LogP contribution in [0.4, 0.5) is 0 Å². The number of hydrogen-bond acceptors (Lipinski definition) is 1. The third kappa shape index (κ3) is 3.10. The summed E-state index contributed by atoms with van der Waals surface area (Å²) in [6.45, 7) is 7.99. The highest BCUT2D eigenvalue weighted by atomic mass is 14.9. The fourth-order valence-electron chi connectivity index (χ4n) is 2.84. The van der Waals surface area contributed by atoms with Crippen molar-refractivity contribution in [3.8, 4) is 0 Å². The first-order valence-electron chi connectivity index (χ1n) is 6.93.